The predicted octanol–water partition coefficient (Wildman–Crippen LogP) is 2.94. The molecule has 3 rings (SSSR count). The molecular formula is C17H27F3N4. The van der Waals surface area contributed by atoms with Crippen LogP contribution in [0.2, 0.25) is 0 Å². The Morgan fingerprint density at radius 1 is 1.12 bits per heavy atom. The third kappa shape index (κ3) is 4.96. The highest BCUT2D eigenvalue weighted by atomic mass is 19.4. The van der Waals surface area contributed by atoms with E-state index < -0.39 is 12.6 Å². The van der Waals surface area contributed by atoms with E-state index >= 15 is 0 Å². The van der Waals surface area contributed by atoms with Crippen molar-refractivity contribution in [2.45, 2.75) is 57.2 Å². The zero-order valence-corrected chi connectivity index (χ0v) is 14.1. The van der Waals surface area contributed by atoms with Gasteiger partial charge in [-0.2, -0.15) is 13.2 Å². The van der Waals surface area contributed by atoms with Gasteiger partial charge in [0, 0.05) is 31.6 Å². The SMILES string of the molecule is FC(F)(F)CCc1cn(CCN2CCCC2)c(C2CCNCC2)n1. The second-order valence-corrected chi connectivity index (χ2v) is 6.97. The molecule has 4 nitrogen and oxygen atoms in total. The molecule has 0 bridgehead atoms. The Bertz CT molecular complexity index is 514. The summed E-state index contributed by atoms with van der Waals surface area (Å²) in [6.07, 6.45) is 1.47. The highest BCUT2D eigenvalue weighted by Crippen LogP contribution is 2.27. The summed E-state index contributed by atoms with van der Waals surface area (Å²) in [7, 11) is 0. The Morgan fingerprint density at radius 3 is 2.50 bits per heavy atom. The van der Waals surface area contributed by atoms with E-state index in [9.17, 15) is 13.2 Å². The van der Waals surface area contributed by atoms with Crippen molar-refractivity contribution < 1.29 is 13.2 Å². The van der Waals surface area contributed by atoms with Crippen LogP contribution in [0.5, 0.6) is 0 Å². The summed E-state index contributed by atoms with van der Waals surface area (Å²) in [5.74, 6) is 1.36. The van der Waals surface area contributed by atoms with Crippen LogP contribution in [-0.2, 0) is 13.0 Å². The van der Waals surface area contributed by atoms with Crippen LogP contribution in [0, 0.1) is 0 Å². The molecule has 2 saturated heterocycles. The Labute approximate surface area is 141 Å². The third-order valence-corrected chi connectivity index (χ3v) is 5.08. The average molecular weight is 344 g/mol. The fraction of sp³-hybridized carbons (Fsp3) is 0.824. The van der Waals surface area contributed by atoms with Crippen LogP contribution in [0.3, 0.4) is 0 Å². The second-order valence-electron chi connectivity index (χ2n) is 6.97. The van der Waals surface area contributed by atoms with E-state index in [4.69, 9.17) is 0 Å². The number of hydrogen-bond acceptors (Lipinski definition) is 3. The maximum Gasteiger partial charge on any atom is 0.389 e. The van der Waals surface area contributed by atoms with E-state index in [0.717, 1.165) is 57.9 Å². The van der Waals surface area contributed by atoms with Crippen molar-refractivity contribution >= 4 is 0 Å². The van der Waals surface area contributed by atoms with Gasteiger partial charge in [-0.25, -0.2) is 4.98 Å². The molecule has 0 aromatic carbocycles. The largest absolute Gasteiger partial charge is 0.389 e. The average Bonchev–Trinajstić information content (AvgIpc) is 3.21. The number of aryl methyl sites for hydroxylation is 1. The predicted molar refractivity (Wildman–Crippen MR) is 87.1 cm³/mol. The fourth-order valence-electron chi connectivity index (χ4n) is 3.72. The lowest BCUT2D eigenvalue weighted by atomic mass is 9.97. The summed E-state index contributed by atoms with van der Waals surface area (Å²) in [4.78, 5) is 7.03. The quantitative estimate of drug-likeness (QED) is 0.861. The van der Waals surface area contributed by atoms with Crippen LogP contribution in [0.1, 0.15) is 49.5 Å². The molecule has 7 heteroatoms. The second kappa shape index (κ2) is 7.87. The van der Waals surface area contributed by atoms with Gasteiger partial charge in [-0.15, -0.1) is 0 Å². The zero-order chi connectivity index (χ0) is 17.0. The topological polar surface area (TPSA) is 33.1 Å². The van der Waals surface area contributed by atoms with E-state index in [1.807, 2.05) is 6.20 Å². The van der Waals surface area contributed by atoms with Crippen molar-refractivity contribution in [2.24, 2.45) is 0 Å². The van der Waals surface area contributed by atoms with Gasteiger partial charge in [-0.1, -0.05) is 0 Å². The first-order chi connectivity index (χ1) is 11.5. The lowest BCUT2D eigenvalue weighted by Crippen LogP contribution is -2.29. The van der Waals surface area contributed by atoms with E-state index in [0.29, 0.717) is 11.6 Å². The van der Waals surface area contributed by atoms with Crippen LogP contribution in [-0.4, -0.2) is 53.4 Å². The van der Waals surface area contributed by atoms with Crippen molar-refractivity contribution in [3.8, 4) is 0 Å². The van der Waals surface area contributed by atoms with Gasteiger partial charge in [0.15, 0.2) is 0 Å². The molecule has 2 aliphatic rings. The minimum Gasteiger partial charge on any atom is -0.333 e. The normalized spacial score (nSPS) is 20.8. The van der Waals surface area contributed by atoms with Gasteiger partial charge in [0.1, 0.15) is 5.82 Å². The third-order valence-electron chi connectivity index (χ3n) is 5.08. The summed E-state index contributed by atoms with van der Waals surface area (Å²) in [6, 6.07) is 0. The Morgan fingerprint density at radius 2 is 1.83 bits per heavy atom. The van der Waals surface area contributed by atoms with Gasteiger partial charge >= 0.3 is 6.18 Å². The van der Waals surface area contributed by atoms with Crippen LogP contribution in [0.25, 0.3) is 0 Å². The van der Waals surface area contributed by atoms with Crippen LogP contribution in [0.4, 0.5) is 13.2 Å². The zero-order valence-electron chi connectivity index (χ0n) is 14.1. The molecule has 0 saturated carbocycles. The van der Waals surface area contributed by atoms with Gasteiger partial charge in [0.05, 0.1) is 5.69 Å². The number of hydrogen-bond donors (Lipinski definition) is 1. The highest BCUT2D eigenvalue weighted by molar-refractivity contribution is 5.10. The first-order valence-corrected chi connectivity index (χ1v) is 9.07. The molecule has 0 spiro atoms. The maximum absolute atomic E-state index is 12.5. The molecule has 0 aliphatic carbocycles. The molecule has 0 unspecified atom stereocenters. The van der Waals surface area contributed by atoms with Crippen molar-refractivity contribution in [2.75, 3.05) is 32.7 Å². The molecule has 1 aromatic rings. The number of imidazole rings is 1. The number of nitrogens with one attached hydrogen (secondary N) is 1. The van der Waals surface area contributed by atoms with Crippen LogP contribution >= 0.6 is 0 Å². The number of alkyl halides is 3. The van der Waals surface area contributed by atoms with E-state index in [1.54, 1.807) is 0 Å². The number of halogens is 3. The lowest BCUT2D eigenvalue weighted by Gasteiger charge is -2.24. The molecule has 136 valence electrons. The molecule has 0 radical (unpaired) electrons. The molecule has 2 fully saturated rings. The summed E-state index contributed by atoms with van der Waals surface area (Å²) in [5, 5.41) is 3.34. The summed E-state index contributed by atoms with van der Waals surface area (Å²) in [5.41, 5.74) is 0.585. The maximum atomic E-state index is 12.5. The number of rotatable bonds is 6. The van der Waals surface area contributed by atoms with Crippen LogP contribution in [0.15, 0.2) is 6.20 Å². The van der Waals surface area contributed by atoms with Crippen molar-refractivity contribution in [3.63, 3.8) is 0 Å². The molecule has 24 heavy (non-hydrogen) atoms. The van der Waals surface area contributed by atoms with Crippen molar-refractivity contribution in [3.05, 3.63) is 17.7 Å². The smallest absolute Gasteiger partial charge is 0.333 e. The van der Waals surface area contributed by atoms with E-state index in [-0.39, 0.29) is 6.42 Å². The van der Waals surface area contributed by atoms with Gasteiger partial charge in [-0.05, 0) is 58.3 Å². The van der Waals surface area contributed by atoms with E-state index in [1.165, 1.54) is 12.8 Å². The summed E-state index contributed by atoms with van der Waals surface area (Å²) >= 11 is 0. The Hall–Kier alpha value is -1.08. The van der Waals surface area contributed by atoms with Crippen LogP contribution < -0.4 is 5.32 Å². The molecule has 1 N–H and O–H groups in total. The number of nitrogens with zero attached hydrogens (tertiary/aromatic N) is 3. The molecule has 0 atom stereocenters. The molecule has 2 aliphatic heterocycles. The number of piperidine rings is 1. The van der Waals surface area contributed by atoms with Gasteiger partial charge < -0.3 is 14.8 Å². The van der Waals surface area contributed by atoms with Crippen molar-refractivity contribution in [1.82, 2.24) is 19.8 Å². The monoisotopic (exact) mass is 344 g/mol. The van der Waals surface area contributed by atoms with Gasteiger partial charge in [0.2, 0.25) is 0 Å². The minimum atomic E-state index is -4.12. The molecule has 0 amide bonds. The molecular weight excluding hydrogens is 317 g/mol. The molecule has 1 aromatic heterocycles. The summed E-state index contributed by atoms with van der Waals surface area (Å²) in [6.45, 7) is 5.99. The number of likely N-dealkylation sites (tertiary alicyclic amines) is 1. The Balaban J connectivity index is 1.68. The molecule has 3 heterocycles. The fourth-order valence-corrected chi connectivity index (χ4v) is 3.72. The highest BCUT2D eigenvalue weighted by Gasteiger charge is 2.28. The van der Waals surface area contributed by atoms with Gasteiger partial charge in [-0.3, -0.25) is 0 Å². The van der Waals surface area contributed by atoms with Crippen molar-refractivity contribution in [1.29, 1.82) is 0 Å². The summed E-state index contributed by atoms with van der Waals surface area (Å²) < 4.78 is 39.6. The number of aromatic nitrogens is 2. The lowest BCUT2D eigenvalue weighted by molar-refractivity contribution is -0.134. The standard InChI is InChI=1S/C17H27F3N4/c18-17(19,20)6-3-15-13-24(12-11-23-9-1-2-10-23)16(22-15)14-4-7-21-8-5-14/h13-14,21H,1-12H2. The van der Waals surface area contributed by atoms with Gasteiger partial charge in [0.25, 0.3) is 0 Å². The first kappa shape index (κ1) is 17.7. The first-order valence-electron chi connectivity index (χ1n) is 9.07. The minimum absolute atomic E-state index is 0.0157. The Kier molecular flexibility index (Phi) is 5.81. The van der Waals surface area contributed by atoms with E-state index in [2.05, 4.69) is 19.8 Å².